The minimum atomic E-state index is -4.08. The number of nitrogens with zero attached hydrogens (tertiary/aromatic N) is 2. The highest BCUT2D eigenvalue weighted by Crippen LogP contribution is 2.22. The van der Waals surface area contributed by atoms with Crippen molar-refractivity contribution in [2.45, 2.75) is 25.4 Å². The summed E-state index contributed by atoms with van der Waals surface area (Å²) >= 11 is 0. The van der Waals surface area contributed by atoms with E-state index in [1.54, 1.807) is 13.1 Å². The first kappa shape index (κ1) is 14.3. The predicted octanol–water partition coefficient (Wildman–Crippen LogP) is 2.24. The summed E-state index contributed by atoms with van der Waals surface area (Å²) < 4.78 is 35.7. The van der Waals surface area contributed by atoms with Gasteiger partial charge in [0.1, 0.15) is 11.6 Å². The van der Waals surface area contributed by atoms with Crippen LogP contribution in [0.3, 0.4) is 0 Å². The molecule has 1 aromatic rings. The van der Waals surface area contributed by atoms with Gasteiger partial charge in [-0.2, -0.15) is 23.1 Å². The SMILES string of the molecule is CNc1cc(NCCCCC(F)(F)F)nc(N)n1. The Hall–Kier alpha value is -1.73. The van der Waals surface area contributed by atoms with Crippen molar-refractivity contribution in [2.24, 2.45) is 0 Å². The average molecular weight is 263 g/mol. The fourth-order valence-electron chi connectivity index (χ4n) is 1.35. The summed E-state index contributed by atoms with van der Waals surface area (Å²) in [6.45, 7) is 0.412. The number of hydrogen-bond acceptors (Lipinski definition) is 5. The van der Waals surface area contributed by atoms with Crippen molar-refractivity contribution in [2.75, 3.05) is 30.0 Å². The van der Waals surface area contributed by atoms with E-state index in [4.69, 9.17) is 5.73 Å². The van der Waals surface area contributed by atoms with Gasteiger partial charge in [0.05, 0.1) is 0 Å². The monoisotopic (exact) mass is 263 g/mol. The highest BCUT2D eigenvalue weighted by molar-refractivity contribution is 5.50. The summed E-state index contributed by atoms with van der Waals surface area (Å²) in [6.07, 6.45) is -4.34. The van der Waals surface area contributed by atoms with Gasteiger partial charge in [-0.1, -0.05) is 0 Å². The molecule has 102 valence electrons. The van der Waals surface area contributed by atoms with Gasteiger partial charge >= 0.3 is 6.18 Å². The zero-order valence-corrected chi connectivity index (χ0v) is 10.0. The number of nitrogens with one attached hydrogen (secondary N) is 2. The second-order valence-corrected chi connectivity index (χ2v) is 3.75. The van der Waals surface area contributed by atoms with Crippen LogP contribution in [0.2, 0.25) is 0 Å². The van der Waals surface area contributed by atoms with Crippen LogP contribution in [0.4, 0.5) is 30.8 Å². The summed E-state index contributed by atoms with van der Waals surface area (Å²) in [4.78, 5) is 7.82. The molecule has 5 nitrogen and oxygen atoms in total. The first-order valence-corrected chi connectivity index (χ1v) is 5.53. The maximum Gasteiger partial charge on any atom is 0.389 e. The van der Waals surface area contributed by atoms with Crippen molar-refractivity contribution in [3.8, 4) is 0 Å². The molecule has 1 heterocycles. The Kier molecular flexibility index (Phi) is 4.99. The van der Waals surface area contributed by atoms with E-state index in [2.05, 4.69) is 20.6 Å². The van der Waals surface area contributed by atoms with E-state index in [1.807, 2.05) is 0 Å². The van der Waals surface area contributed by atoms with Crippen molar-refractivity contribution in [1.82, 2.24) is 9.97 Å². The van der Waals surface area contributed by atoms with Crippen LogP contribution in [0, 0.1) is 0 Å². The number of aromatic nitrogens is 2. The molecule has 4 N–H and O–H groups in total. The Labute approximate surface area is 103 Å². The zero-order valence-electron chi connectivity index (χ0n) is 10.0. The first-order valence-electron chi connectivity index (χ1n) is 5.53. The van der Waals surface area contributed by atoms with Crippen LogP contribution >= 0.6 is 0 Å². The number of unbranched alkanes of at least 4 members (excludes halogenated alkanes) is 1. The summed E-state index contributed by atoms with van der Waals surface area (Å²) in [5, 5.41) is 5.72. The number of alkyl halides is 3. The van der Waals surface area contributed by atoms with Crippen LogP contribution in [0.15, 0.2) is 6.07 Å². The fraction of sp³-hybridized carbons (Fsp3) is 0.600. The highest BCUT2D eigenvalue weighted by Gasteiger charge is 2.25. The number of halogens is 3. The molecule has 0 amide bonds. The van der Waals surface area contributed by atoms with E-state index in [-0.39, 0.29) is 12.4 Å². The van der Waals surface area contributed by atoms with Gasteiger partial charge in [0.25, 0.3) is 0 Å². The second-order valence-electron chi connectivity index (χ2n) is 3.75. The molecule has 0 bridgehead atoms. The van der Waals surface area contributed by atoms with Crippen molar-refractivity contribution in [3.63, 3.8) is 0 Å². The molecular formula is C10H16F3N5. The van der Waals surface area contributed by atoms with E-state index in [0.717, 1.165) is 0 Å². The van der Waals surface area contributed by atoms with Crippen LogP contribution in [-0.2, 0) is 0 Å². The van der Waals surface area contributed by atoms with Gasteiger partial charge in [0.15, 0.2) is 0 Å². The van der Waals surface area contributed by atoms with Crippen LogP contribution in [0.1, 0.15) is 19.3 Å². The molecule has 0 fully saturated rings. The number of nitrogen functional groups attached to an aromatic ring is 1. The number of rotatable bonds is 6. The Morgan fingerprint density at radius 1 is 1.22 bits per heavy atom. The molecule has 1 aromatic heterocycles. The van der Waals surface area contributed by atoms with E-state index in [0.29, 0.717) is 24.6 Å². The van der Waals surface area contributed by atoms with Gasteiger partial charge in [-0.05, 0) is 12.8 Å². The van der Waals surface area contributed by atoms with Gasteiger partial charge in [0, 0.05) is 26.1 Å². The van der Waals surface area contributed by atoms with E-state index in [9.17, 15) is 13.2 Å². The van der Waals surface area contributed by atoms with E-state index < -0.39 is 12.6 Å². The molecule has 18 heavy (non-hydrogen) atoms. The summed E-state index contributed by atoms with van der Waals surface area (Å²) in [5.41, 5.74) is 5.47. The predicted molar refractivity (Wildman–Crippen MR) is 64.4 cm³/mol. The van der Waals surface area contributed by atoms with Gasteiger partial charge in [-0.25, -0.2) is 0 Å². The molecule has 0 spiro atoms. The molecule has 0 aliphatic heterocycles. The van der Waals surface area contributed by atoms with Crippen LogP contribution in [0.25, 0.3) is 0 Å². The second kappa shape index (κ2) is 6.27. The standard InChI is InChI=1S/C10H16F3N5/c1-15-7-6-8(18-9(14)17-7)16-5-3-2-4-10(11,12)13/h6H,2-5H2,1H3,(H4,14,15,16,17,18). The molecule has 0 radical (unpaired) electrons. The fourth-order valence-corrected chi connectivity index (χ4v) is 1.35. The third-order valence-corrected chi connectivity index (χ3v) is 2.19. The summed E-state index contributed by atoms with van der Waals surface area (Å²) in [7, 11) is 1.69. The molecule has 0 atom stereocenters. The third kappa shape index (κ3) is 5.55. The van der Waals surface area contributed by atoms with Gasteiger partial charge in [-0.3, -0.25) is 0 Å². The zero-order chi connectivity index (χ0) is 13.6. The maximum absolute atomic E-state index is 11.9. The van der Waals surface area contributed by atoms with Crippen molar-refractivity contribution < 1.29 is 13.2 Å². The summed E-state index contributed by atoms with van der Waals surface area (Å²) in [6, 6.07) is 1.64. The van der Waals surface area contributed by atoms with Gasteiger partial charge < -0.3 is 16.4 Å². The topological polar surface area (TPSA) is 75.9 Å². The minimum Gasteiger partial charge on any atom is -0.373 e. The number of nitrogens with two attached hydrogens (primary N) is 1. The van der Waals surface area contributed by atoms with E-state index >= 15 is 0 Å². The molecule has 1 rings (SSSR count). The molecule has 0 unspecified atom stereocenters. The lowest BCUT2D eigenvalue weighted by molar-refractivity contribution is -0.135. The lowest BCUT2D eigenvalue weighted by Gasteiger charge is -2.09. The molecule has 0 aliphatic rings. The lowest BCUT2D eigenvalue weighted by Crippen LogP contribution is -2.10. The summed E-state index contributed by atoms with van der Waals surface area (Å²) in [5.74, 6) is 1.17. The number of hydrogen-bond donors (Lipinski definition) is 3. The molecule has 8 heteroatoms. The van der Waals surface area contributed by atoms with Crippen molar-refractivity contribution >= 4 is 17.6 Å². The lowest BCUT2D eigenvalue weighted by atomic mass is 10.2. The normalized spacial score (nSPS) is 11.3. The third-order valence-electron chi connectivity index (χ3n) is 2.19. The Morgan fingerprint density at radius 3 is 2.50 bits per heavy atom. The van der Waals surface area contributed by atoms with Crippen molar-refractivity contribution in [1.29, 1.82) is 0 Å². The molecule has 0 saturated carbocycles. The first-order chi connectivity index (χ1) is 8.40. The van der Waals surface area contributed by atoms with Crippen LogP contribution < -0.4 is 16.4 Å². The molecule has 0 aliphatic carbocycles. The van der Waals surface area contributed by atoms with Gasteiger partial charge in [0.2, 0.25) is 5.95 Å². The van der Waals surface area contributed by atoms with Crippen LogP contribution in [0.5, 0.6) is 0 Å². The smallest absolute Gasteiger partial charge is 0.373 e. The molecule has 0 aromatic carbocycles. The quantitative estimate of drug-likeness (QED) is 0.686. The molecular weight excluding hydrogens is 247 g/mol. The Bertz CT molecular complexity index is 380. The molecule has 0 saturated heterocycles. The number of anilines is 3. The van der Waals surface area contributed by atoms with E-state index in [1.165, 1.54) is 0 Å². The Balaban J connectivity index is 2.33. The largest absolute Gasteiger partial charge is 0.389 e. The van der Waals surface area contributed by atoms with Crippen molar-refractivity contribution in [3.05, 3.63) is 6.07 Å². The maximum atomic E-state index is 11.9. The highest BCUT2D eigenvalue weighted by atomic mass is 19.4. The Morgan fingerprint density at radius 2 is 1.89 bits per heavy atom. The minimum absolute atomic E-state index is 0.0932. The van der Waals surface area contributed by atoms with Crippen LogP contribution in [-0.4, -0.2) is 29.7 Å². The average Bonchev–Trinajstić information content (AvgIpc) is 2.26. The van der Waals surface area contributed by atoms with Gasteiger partial charge in [-0.15, -0.1) is 0 Å².